The topological polar surface area (TPSA) is 123 Å². The molecule has 39 heavy (non-hydrogen) atoms. The summed E-state index contributed by atoms with van der Waals surface area (Å²) in [4.78, 5) is 21.6. The van der Waals surface area contributed by atoms with Gasteiger partial charge in [-0.1, -0.05) is 0 Å². The van der Waals surface area contributed by atoms with E-state index in [4.69, 9.17) is 0 Å². The number of aromatic hydroxyl groups is 1. The summed E-state index contributed by atoms with van der Waals surface area (Å²) in [6.07, 6.45) is 9.84. The molecule has 2 atom stereocenters. The number of aromatic amines is 1. The van der Waals surface area contributed by atoms with E-state index in [2.05, 4.69) is 40.9 Å². The molecule has 3 aliphatic rings. The van der Waals surface area contributed by atoms with Crippen LogP contribution in [0, 0.1) is 17.1 Å². The number of phenolic OH excluding ortho intramolecular Hbond substituents is 1. The summed E-state index contributed by atoms with van der Waals surface area (Å²) in [5, 5.41) is 25.0. The lowest BCUT2D eigenvalue weighted by Crippen LogP contribution is -2.68. The Bertz CT molecular complexity index is 1740. The number of piperidine rings is 1. The molecule has 2 N–H and O–H groups in total. The average molecular weight is 522 g/mol. The summed E-state index contributed by atoms with van der Waals surface area (Å²) in [5.41, 5.74) is 5.00. The van der Waals surface area contributed by atoms with E-state index in [1.54, 1.807) is 29.5 Å². The quantitative estimate of drug-likeness (QED) is 0.360. The molecule has 1 aromatic carbocycles. The highest BCUT2D eigenvalue weighted by molar-refractivity contribution is 5.98. The van der Waals surface area contributed by atoms with Crippen molar-refractivity contribution in [2.24, 2.45) is 7.05 Å². The van der Waals surface area contributed by atoms with Gasteiger partial charge in [0.15, 0.2) is 0 Å². The predicted octanol–water partition coefficient (Wildman–Crippen LogP) is 3.60. The highest BCUT2D eigenvalue weighted by Crippen LogP contribution is 2.37. The van der Waals surface area contributed by atoms with Crippen LogP contribution in [-0.4, -0.2) is 64.9 Å². The maximum atomic E-state index is 13.7. The first-order valence-electron chi connectivity index (χ1n) is 12.7. The molecule has 7 heterocycles. The average Bonchev–Trinajstić information content (AvgIpc) is 3.59. The van der Waals surface area contributed by atoms with Gasteiger partial charge >= 0.3 is 0 Å². The van der Waals surface area contributed by atoms with E-state index in [0.29, 0.717) is 29.3 Å². The predicted molar refractivity (Wildman–Crippen MR) is 142 cm³/mol. The fraction of sp³-hybridized carbons (Fsp3) is 0.250. The Morgan fingerprint density at radius 2 is 1.87 bits per heavy atom. The molecule has 3 saturated heterocycles. The van der Waals surface area contributed by atoms with Gasteiger partial charge in [0.25, 0.3) is 0 Å². The number of pyridine rings is 1. The number of aryl methyl sites for hydroxylation is 1. The Hall–Kier alpha value is -4.82. The smallest absolute Gasteiger partial charge is 0.225 e. The van der Waals surface area contributed by atoms with Crippen molar-refractivity contribution >= 4 is 17.0 Å². The Morgan fingerprint density at radius 3 is 2.59 bits per heavy atom. The molecular formula is C28H24FN9O. The lowest BCUT2D eigenvalue weighted by molar-refractivity contribution is -0.00949. The van der Waals surface area contributed by atoms with Crippen molar-refractivity contribution in [2.75, 3.05) is 18.0 Å². The molecule has 3 fully saturated rings. The van der Waals surface area contributed by atoms with Gasteiger partial charge in [0.05, 0.1) is 17.5 Å². The van der Waals surface area contributed by atoms with Crippen molar-refractivity contribution in [3.8, 4) is 34.2 Å². The van der Waals surface area contributed by atoms with Gasteiger partial charge in [-0.2, -0.15) is 10.4 Å². The second-order valence-electron chi connectivity index (χ2n) is 10.2. The highest BCUT2D eigenvalue weighted by atomic mass is 19.1. The van der Waals surface area contributed by atoms with Crippen LogP contribution in [-0.2, 0) is 13.6 Å². The number of halogens is 1. The van der Waals surface area contributed by atoms with Gasteiger partial charge in [-0.05, 0) is 30.7 Å². The third-order valence-corrected chi connectivity index (χ3v) is 7.74. The lowest BCUT2D eigenvalue weighted by atomic mass is 9.87. The van der Waals surface area contributed by atoms with Crippen LogP contribution in [0.1, 0.15) is 17.5 Å². The van der Waals surface area contributed by atoms with Crippen LogP contribution in [0.15, 0.2) is 55.2 Å². The van der Waals surface area contributed by atoms with E-state index in [1.165, 1.54) is 18.2 Å². The number of anilines is 1. The van der Waals surface area contributed by atoms with Crippen molar-refractivity contribution < 1.29 is 9.50 Å². The normalized spacial score (nSPS) is 18.7. The van der Waals surface area contributed by atoms with E-state index < -0.39 is 0 Å². The van der Waals surface area contributed by atoms with Gasteiger partial charge in [0, 0.05) is 91.2 Å². The summed E-state index contributed by atoms with van der Waals surface area (Å²) in [5.74, 6) is 0.410. The number of H-pyrrole nitrogens is 1. The summed E-state index contributed by atoms with van der Waals surface area (Å²) in [6.45, 7) is 2.02. The van der Waals surface area contributed by atoms with Crippen molar-refractivity contribution in [2.45, 2.75) is 25.0 Å². The van der Waals surface area contributed by atoms with Crippen molar-refractivity contribution in [1.29, 1.82) is 5.26 Å². The first-order chi connectivity index (χ1) is 19.0. The van der Waals surface area contributed by atoms with Gasteiger partial charge in [0.1, 0.15) is 23.3 Å². The fourth-order valence-corrected chi connectivity index (χ4v) is 5.79. The molecule has 2 unspecified atom stereocenters. The molecule has 10 nitrogen and oxygen atoms in total. The zero-order valence-corrected chi connectivity index (χ0v) is 21.1. The number of fused-ring (bicyclic) bond motifs is 3. The van der Waals surface area contributed by atoms with E-state index in [-0.39, 0.29) is 23.7 Å². The maximum absolute atomic E-state index is 13.7. The standard InChI is InChI=1S/C28H24FN9O/c1-36-12-19(11-34-36)24-6-23-26(17(7-30)8-31-27(23)35-24)18-9-32-28(33-10-18)37-14-21-5-22(15-37)38(21)13-16-4-20(29)2-3-25(16)39/h2-4,6,8-12,21-22,39H,5,13-15H2,1H3,(H,31,35). The zero-order chi connectivity index (χ0) is 26.7. The number of hydrogen-bond donors (Lipinski definition) is 2. The van der Waals surface area contributed by atoms with E-state index in [9.17, 15) is 14.8 Å². The van der Waals surface area contributed by atoms with Crippen LogP contribution in [0.3, 0.4) is 0 Å². The minimum absolute atomic E-state index is 0.120. The molecule has 3 aliphatic heterocycles. The molecule has 11 heteroatoms. The van der Waals surface area contributed by atoms with Gasteiger partial charge in [-0.3, -0.25) is 9.58 Å². The van der Waals surface area contributed by atoms with Crippen LogP contribution in [0.2, 0.25) is 0 Å². The third-order valence-electron chi connectivity index (χ3n) is 7.74. The lowest BCUT2D eigenvalue weighted by Gasteiger charge is -2.56. The van der Waals surface area contributed by atoms with Crippen LogP contribution in [0.4, 0.5) is 10.3 Å². The first kappa shape index (κ1) is 23.3. The van der Waals surface area contributed by atoms with Gasteiger partial charge in [-0.15, -0.1) is 0 Å². The third kappa shape index (κ3) is 3.97. The molecule has 194 valence electrons. The Morgan fingerprint density at radius 1 is 1.08 bits per heavy atom. The van der Waals surface area contributed by atoms with E-state index in [0.717, 1.165) is 47.3 Å². The summed E-state index contributed by atoms with van der Waals surface area (Å²) >= 11 is 0. The largest absolute Gasteiger partial charge is 0.508 e. The van der Waals surface area contributed by atoms with Crippen LogP contribution in [0.25, 0.3) is 33.4 Å². The monoisotopic (exact) mass is 521 g/mol. The molecule has 2 bridgehead atoms. The van der Waals surface area contributed by atoms with E-state index >= 15 is 0 Å². The van der Waals surface area contributed by atoms with Gasteiger partial charge in [-0.25, -0.2) is 19.3 Å². The number of phenols is 1. The summed E-state index contributed by atoms with van der Waals surface area (Å²) < 4.78 is 15.4. The molecule has 4 aromatic heterocycles. The second kappa shape index (κ2) is 8.89. The molecule has 0 amide bonds. The van der Waals surface area contributed by atoms with Gasteiger partial charge in [0.2, 0.25) is 5.95 Å². The van der Waals surface area contributed by atoms with Crippen LogP contribution >= 0.6 is 0 Å². The number of benzene rings is 1. The Balaban J connectivity index is 1.13. The number of piperazine rings is 1. The minimum atomic E-state index is -0.345. The molecule has 0 spiro atoms. The Kier molecular flexibility index (Phi) is 5.31. The molecular weight excluding hydrogens is 497 g/mol. The zero-order valence-electron chi connectivity index (χ0n) is 21.1. The molecule has 8 rings (SSSR count). The number of nitriles is 1. The Labute approximate surface area is 223 Å². The van der Waals surface area contributed by atoms with E-state index in [1.807, 2.05) is 19.3 Å². The van der Waals surface area contributed by atoms with Crippen molar-refractivity contribution in [1.82, 2.24) is 34.6 Å². The maximum Gasteiger partial charge on any atom is 0.225 e. The molecule has 0 aliphatic carbocycles. The summed E-state index contributed by atoms with van der Waals surface area (Å²) in [6, 6.07) is 8.88. The molecule has 5 aromatic rings. The SMILES string of the molecule is Cn1cc(-c2cc3c(-c4cnc(N5CC6CC(C5)N6Cc5cc(F)ccc5O)nc4)c(C#N)cnc3[nH]2)cn1. The van der Waals surface area contributed by atoms with Crippen LogP contribution < -0.4 is 4.90 Å². The number of aromatic nitrogens is 6. The highest BCUT2D eigenvalue weighted by Gasteiger charge is 2.45. The molecule has 0 radical (unpaired) electrons. The number of nitrogens with one attached hydrogen (secondary N) is 1. The number of nitrogens with zero attached hydrogens (tertiary/aromatic N) is 8. The minimum Gasteiger partial charge on any atom is -0.508 e. The van der Waals surface area contributed by atoms with Crippen molar-refractivity contribution in [3.63, 3.8) is 0 Å². The second-order valence-corrected chi connectivity index (χ2v) is 10.2. The van der Waals surface area contributed by atoms with Crippen LogP contribution in [0.5, 0.6) is 5.75 Å². The molecule has 0 saturated carbocycles. The summed E-state index contributed by atoms with van der Waals surface area (Å²) in [7, 11) is 1.86. The van der Waals surface area contributed by atoms with Gasteiger partial charge < -0.3 is 15.0 Å². The first-order valence-corrected chi connectivity index (χ1v) is 12.7. The van der Waals surface area contributed by atoms with Crippen molar-refractivity contribution in [3.05, 3.63) is 72.2 Å². The number of hydrogen-bond acceptors (Lipinski definition) is 8. The fourth-order valence-electron chi connectivity index (χ4n) is 5.79. The number of rotatable bonds is 5.